The van der Waals surface area contributed by atoms with Gasteiger partial charge in [-0.2, -0.15) is 0 Å². The van der Waals surface area contributed by atoms with Crippen molar-refractivity contribution in [3.8, 4) is 5.75 Å². The standard InChI is InChI=1S/C18H23NO2/c1-12(19-11-13-7-17(20)8-13)14-3-4-16-10-18(21-2)6-5-15(16)9-14/h3-6,9-10,12-13,17,19-20H,7-8,11H2,1-2H3. The SMILES string of the molecule is COc1ccc2cc(C(C)NCC3CC(O)C3)ccc2c1. The molecule has 2 N–H and O–H groups in total. The molecule has 2 aromatic carbocycles. The van der Waals surface area contributed by atoms with E-state index in [-0.39, 0.29) is 6.10 Å². The Morgan fingerprint density at radius 2 is 1.90 bits per heavy atom. The molecule has 3 nitrogen and oxygen atoms in total. The summed E-state index contributed by atoms with van der Waals surface area (Å²) in [6.45, 7) is 3.18. The van der Waals surface area contributed by atoms with E-state index in [9.17, 15) is 5.11 Å². The molecule has 0 heterocycles. The largest absolute Gasteiger partial charge is 0.497 e. The second kappa shape index (κ2) is 6.04. The van der Waals surface area contributed by atoms with Gasteiger partial charge in [0, 0.05) is 6.04 Å². The van der Waals surface area contributed by atoms with E-state index in [1.807, 2.05) is 6.07 Å². The van der Waals surface area contributed by atoms with Crippen LogP contribution >= 0.6 is 0 Å². The molecule has 1 aliphatic carbocycles. The van der Waals surface area contributed by atoms with Crippen LogP contribution in [-0.4, -0.2) is 24.9 Å². The number of ether oxygens (including phenoxy) is 1. The van der Waals surface area contributed by atoms with Gasteiger partial charge < -0.3 is 15.2 Å². The summed E-state index contributed by atoms with van der Waals surface area (Å²) in [6.07, 6.45) is 1.82. The van der Waals surface area contributed by atoms with E-state index in [0.29, 0.717) is 12.0 Å². The van der Waals surface area contributed by atoms with Crippen molar-refractivity contribution in [2.45, 2.75) is 31.9 Å². The Bertz CT molecular complexity index is 620. The van der Waals surface area contributed by atoms with Gasteiger partial charge >= 0.3 is 0 Å². The Hall–Kier alpha value is -1.58. The quantitative estimate of drug-likeness (QED) is 0.886. The van der Waals surface area contributed by atoms with Crippen molar-refractivity contribution < 1.29 is 9.84 Å². The second-order valence-corrected chi connectivity index (χ2v) is 6.09. The predicted octanol–water partition coefficient (Wildman–Crippen LogP) is 3.27. The first-order chi connectivity index (χ1) is 10.2. The van der Waals surface area contributed by atoms with Gasteiger partial charge in [0.2, 0.25) is 0 Å². The summed E-state index contributed by atoms with van der Waals surface area (Å²) >= 11 is 0. The van der Waals surface area contributed by atoms with Gasteiger partial charge in [-0.25, -0.2) is 0 Å². The zero-order valence-corrected chi connectivity index (χ0v) is 12.7. The molecule has 1 atom stereocenters. The van der Waals surface area contributed by atoms with Crippen LogP contribution < -0.4 is 10.1 Å². The zero-order valence-electron chi connectivity index (χ0n) is 12.7. The number of hydrogen-bond acceptors (Lipinski definition) is 3. The average molecular weight is 285 g/mol. The molecule has 1 saturated carbocycles. The maximum atomic E-state index is 9.32. The van der Waals surface area contributed by atoms with Crippen LogP contribution in [0.15, 0.2) is 36.4 Å². The normalized spacial score (nSPS) is 22.8. The molecule has 112 valence electrons. The smallest absolute Gasteiger partial charge is 0.119 e. The molecular weight excluding hydrogens is 262 g/mol. The molecule has 0 saturated heterocycles. The first-order valence-electron chi connectivity index (χ1n) is 7.65. The Morgan fingerprint density at radius 1 is 1.19 bits per heavy atom. The molecular formula is C18H23NO2. The minimum Gasteiger partial charge on any atom is -0.497 e. The fourth-order valence-corrected chi connectivity index (χ4v) is 2.97. The molecule has 21 heavy (non-hydrogen) atoms. The van der Waals surface area contributed by atoms with Crippen LogP contribution in [0.5, 0.6) is 5.75 Å². The second-order valence-electron chi connectivity index (χ2n) is 6.09. The van der Waals surface area contributed by atoms with Gasteiger partial charge in [-0.05, 0) is 66.8 Å². The predicted molar refractivity (Wildman–Crippen MR) is 85.6 cm³/mol. The van der Waals surface area contributed by atoms with E-state index < -0.39 is 0 Å². The van der Waals surface area contributed by atoms with Crippen molar-refractivity contribution in [3.63, 3.8) is 0 Å². The average Bonchev–Trinajstić information content (AvgIpc) is 2.49. The highest BCUT2D eigenvalue weighted by Crippen LogP contribution is 2.28. The third-order valence-corrected chi connectivity index (χ3v) is 4.49. The van der Waals surface area contributed by atoms with Crippen LogP contribution in [-0.2, 0) is 0 Å². The van der Waals surface area contributed by atoms with Crippen molar-refractivity contribution in [3.05, 3.63) is 42.0 Å². The molecule has 0 bridgehead atoms. The van der Waals surface area contributed by atoms with Crippen molar-refractivity contribution in [1.29, 1.82) is 0 Å². The van der Waals surface area contributed by atoms with Crippen LogP contribution in [0, 0.1) is 5.92 Å². The van der Waals surface area contributed by atoms with Crippen LogP contribution in [0.2, 0.25) is 0 Å². The summed E-state index contributed by atoms with van der Waals surface area (Å²) in [7, 11) is 1.69. The molecule has 0 radical (unpaired) electrons. The molecule has 0 aromatic heterocycles. The molecule has 1 aliphatic rings. The molecule has 1 fully saturated rings. The van der Waals surface area contributed by atoms with Crippen LogP contribution in [0.1, 0.15) is 31.4 Å². The fraction of sp³-hybridized carbons (Fsp3) is 0.444. The summed E-state index contributed by atoms with van der Waals surface area (Å²) < 4.78 is 5.26. The van der Waals surface area contributed by atoms with Crippen molar-refractivity contribution in [2.24, 2.45) is 5.92 Å². The van der Waals surface area contributed by atoms with Crippen LogP contribution in [0.3, 0.4) is 0 Å². The minimum atomic E-state index is -0.0669. The van der Waals surface area contributed by atoms with Crippen molar-refractivity contribution >= 4 is 10.8 Å². The number of methoxy groups -OCH3 is 1. The highest BCUT2D eigenvalue weighted by atomic mass is 16.5. The van der Waals surface area contributed by atoms with E-state index in [1.54, 1.807) is 7.11 Å². The first kappa shape index (κ1) is 14.4. The molecule has 3 heteroatoms. The lowest BCUT2D eigenvalue weighted by molar-refractivity contribution is 0.0420. The maximum Gasteiger partial charge on any atom is 0.119 e. The number of aliphatic hydroxyl groups excluding tert-OH is 1. The topological polar surface area (TPSA) is 41.5 Å². The third kappa shape index (κ3) is 3.20. The van der Waals surface area contributed by atoms with Gasteiger partial charge in [0.1, 0.15) is 5.75 Å². The van der Waals surface area contributed by atoms with E-state index in [1.165, 1.54) is 16.3 Å². The number of rotatable bonds is 5. The highest BCUT2D eigenvalue weighted by Gasteiger charge is 2.26. The summed E-state index contributed by atoms with van der Waals surface area (Å²) in [4.78, 5) is 0. The van der Waals surface area contributed by atoms with Crippen molar-refractivity contribution in [1.82, 2.24) is 5.32 Å². The number of fused-ring (bicyclic) bond motifs is 1. The summed E-state index contributed by atoms with van der Waals surface area (Å²) in [5.74, 6) is 1.53. The Morgan fingerprint density at radius 3 is 2.62 bits per heavy atom. The molecule has 0 amide bonds. The van der Waals surface area contributed by atoms with Gasteiger partial charge in [-0.15, -0.1) is 0 Å². The Labute approximate surface area is 125 Å². The van der Waals surface area contributed by atoms with Gasteiger partial charge in [0.25, 0.3) is 0 Å². The van der Waals surface area contributed by atoms with Crippen LogP contribution in [0.4, 0.5) is 0 Å². The lowest BCUT2D eigenvalue weighted by atomic mass is 9.82. The van der Waals surface area contributed by atoms with Crippen molar-refractivity contribution in [2.75, 3.05) is 13.7 Å². The first-order valence-corrected chi connectivity index (χ1v) is 7.65. The maximum absolute atomic E-state index is 9.32. The number of nitrogens with one attached hydrogen (secondary N) is 1. The highest BCUT2D eigenvalue weighted by molar-refractivity contribution is 5.84. The van der Waals surface area contributed by atoms with Gasteiger partial charge in [0.15, 0.2) is 0 Å². The summed E-state index contributed by atoms with van der Waals surface area (Å²) in [5.41, 5.74) is 1.30. The zero-order chi connectivity index (χ0) is 14.8. The molecule has 2 aromatic rings. The Kier molecular flexibility index (Phi) is 4.13. The van der Waals surface area contributed by atoms with E-state index in [0.717, 1.165) is 25.1 Å². The lowest BCUT2D eigenvalue weighted by Gasteiger charge is -2.32. The van der Waals surface area contributed by atoms with Gasteiger partial charge in [0.05, 0.1) is 13.2 Å². The third-order valence-electron chi connectivity index (χ3n) is 4.49. The summed E-state index contributed by atoms with van der Waals surface area (Å²) in [6, 6.07) is 13.1. The Balaban J connectivity index is 1.68. The molecule has 3 rings (SSSR count). The summed E-state index contributed by atoms with van der Waals surface area (Å²) in [5, 5.41) is 15.3. The van der Waals surface area contributed by atoms with E-state index in [2.05, 4.69) is 42.6 Å². The van der Waals surface area contributed by atoms with Gasteiger partial charge in [-0.1, -0.05) is 18.2 Å². The minimum absolute atomic E-state index is 0.0669. The van der Waals surface area contributed by atoms with E-state index >= 15 is 0 Å². The monoisotopic (exact) mass is 285 g/mol. The fourth-order valence-electron chi connectivity index (χ4n) is 2.97. The van der Waals surface area contributed by atoms with E-state index in [4.69, 9.17) is 4.74 Å². The number of aliphatic hydroxyl groups is 1. The molecule has 0 aliphatic heterocycles. The van der Waals surface area contributed by atoms with Crippen LogP contribution in [0.25, 0.3) is 10.8 Å². The lowest BCUT2D eigenvalue weighted by Crippen LogP contribution is -2.36. The van der Waals surface area contributed by atoms with Gasteiger partial charge in [-0.3, -0.25) is 0 Å². The molecule has 0 spiro atoms. The number of hydrogen-bond donors (Lipinski definition) is 2. The molecule has 1 unspecified atom stereocenters. The number of benzene rings is 2.